The molecule has 1 aliphatic heterocycles. The first-order chi connectivity index (χ1) is 19.9. The fraction of sp³-hybridized carbons (Fsp3) is 0.226. The Morgan fingerprint density at radius 3 is 2.63 bits per heavy atom. The summed E-state index contributed by atoms with van der Waals surface area (Å²) in [5, 5.41) is 6.94. The summed E-state index contributed by atoms with van der Waals surface area (Å²) in [5.74, 6) is -0.622. The van der Waals surface area contributed by atoms with Crippen LogP contribution in [-0.2, 0) is 6.54 Å². The maximum absolute atomic E-state index is 15.3. The van der Waals surface area contributed by atoms with Gasteiger partial charge in [-0.3, -0.25) is 14.3 Å². The first-order valence-electron chi connectivity index (χ1n) is 13.6. The molecule has 1 saturated heterocycles. The SMILES string of the molecule is CCn1c(=O)c(-c2ccc(-c3cccnc3)cc2F)cc2cnc(Nc3ccc(N4CCNCC4C)c(F)c3)nc21. The Labute approximate surface area is 235 Å². The number of fused-ring (bicyclic) bond motifs is 1. The number of hydrogen-bond acceptors (Lipinski definition) is 7. The van der Waals surface area contributed by atoms with E-state index >= 15 is 8.78 Å². The Hall–Kier alpha value is -4.70. The molecule has 1 aliphatic rings. The zero-order valence-electron chi connectivity index (χ0n) is 22.7. The van der Waals surface area contributed by atoms with Gasteiger partial charge in [0.2, 0.25) is 5.95 Å². The number of anilines is 3. The first-order valence-corrected chi connectivity index (χ1v) is 13.6. The average molecular weight is 554 g/mol. The van der Waals surface area contributed by atoms with Crippen LogP contribution in [0.5, 0.6) is 0 Å². The molecule has 1 fully saturated rings. The van der Waals surface area contributed by atoms with E-state index in [1.54, 1.807) is 55.0 Å². The highest BCUT2D eigenvalue weighted by atomic mass is 19.1. The van der Waals surface area contributed by atoms with Crippen LogP contribution in [0, 0.1) is 11.6 Å². The Morgan fingerprint density at radius 1 is 1.02 bits per heavy atom. The lowest BCUT2D eigenvalue weighted by atomic mass is 10.0. The largest absolute Gasteiger partial charge is 0.364 e. The van der Waals surface area contributed by atoms with E-state index in [9.17, 15) is 4.79 Å². The fourth-order valence-corrected chi connectivity index (χ4v) is 5.30. The second kappa shape index (κ2) is 11.1. The molecule has 10 heteroatoms. The third kappa shape index (κ3) is 5.14. The van der Waals surface area contributed by atoms with Crippen molar-refractivity contribution < 1.29 is 8.78 Å². The van der Waals surface area contributed by atoms with Gasteiger partial charge in [0.05, 0.1) is 11.3 Å². The van der Waals surface area contributed by atoms with Crippen LogP contribution < -0.4 is 21.1 Å². The van der Waals surface area contributed by atoms with Crippen molar-refractivity contribution in [2.24, 2.45) is 0 Å². The number of pyridine rings is 2. The zero-order valence-corrected chi connectivity index (χ0v) is 22.7. The molecule has 0 amide bonds. The van der Waals surface area contributed by atoms with E-state index in [1.165, 1.54) is 16.7 Å². The third-order valence-corrected chi connectivity index (χ3v) is 7.41. The van der Waals surface area contributed by atoms with Gasteiger partial charge in [-0.15, -0.1) is 0 Å². The summed E-state index contributed by atoms with van der Waals surface area (Å²) in [5.41, 5.74) is 2.95. The van der Waals surface area contributed by atoms with Gasteiger partial charge in [0.1, 0.15) is 17.3 Å². The molecule has 0 aliphatic carbocycles. The minimum Gasteiger partial charge on any atom is -0.364 e. The molecular weight excluding hydrogens is 524 g/mol. The Morgan fingerprint density at radius 2 is 1.90 bits per heavy atom. The summed E-state index contributed by atoms with van der Waals surface area (Å²) in [7, 11) is 0. The van der Waals surface area contributed by atoms with Crippen molar-refractivity contribution in [1.82, 2.24) is 24.8 Å². The van der Waals surface area contributed by atoms with Crippen LogP contribution in [0.15, 0.2) is 78.0 Å². The molecule has 4 heterocycles. The molecule has 1 unspecified atom stereocenters. The Bertz CT molecular complexity index is 1790. The highest BCUT2D eigenvalue weighted by Crippen LogP contribution is 2.29. The van der Waals surface area contributed by atoms with Gasteiger partial charge in [-0.05, 0) is 55.8 Å². The number of nitrogens with one attached hydrogen (secondary N) is 2. The van der Waals surface area contributed by atoms with Crippen molar-refractivity contribution in [2.75, 3.05) is 29.9 Å². The minimum atomic E-state index is -0.509. The molecular formula is C31H29F2N7O. The fourth-order valence-electron chi connectivity index (χ4n) is 5.30. The highest BCUT2D eigenvalue weighted by Gasteiger charge is 2.21. The molecule has 0 saturated carbocycles. The van der Waals surface area contributed by atoms with Crippen LogP contribution in [0.2, 0.25) is 0 Å². The topological polar surface area (TPSA) is 88.0 Å². The average Bonchev–Trinajstić information content (AvgIpc) is 2.98. The molecule has 1 atom stereocenters. The van der Waals surface area contributed by atoms with Crippen LogP contribution in [0.25, 0.3) is 33.3 Å². The number of nitrogens with zero attached hydrogens (tertiary/aromatic N) is 5. The molecule has 41 heavy (non-hydrogen) atoms. The van der Waals surface area contributed by atoms with Gasteiger partial charge in [0, 0.05) is 73.0 Å². The summed E-state index contributed by atoms with van der Waals surface area (Å²) in [6.45, 7) is 6.54. The number of halogens is 2. The Kier molecular flexibility index (Phi) is 7.15. The second-order valence-corrected chi connectivity index (χ2v) is 10.1. The van der Waals surface area contributed by atoms with Crippen LogP contribution in [0.3, 0.4) is 0 Å². The van der Waals surface area contributed by atoms with E-state index in [2.05, 4.69) is 37.4 Å². The molecule has 6 rings (SSSR count). The minimum absolute atomic E-state index is 0.184. The maximum Gasteiger partial charge on any atom is 0.260 e. The lowest BCUT2D eigenvalue weighted by Gasteiger charge is -2.36. The van der Waals surface area contributed by atoms with E-state index < -0.39 is 5.82 Å². The zero-order chi connectivity index (χ0) is 28.5. The predicted molar refractivity (Wildman–Crippen MR) is 157 cm³/mol. The Balaban J connectivity index is 1.32. The molecule has 5 aromatic rings. The smallest absolute Gasteiger partial charge is 0.260 e. The quantitative estimate of drug-likeness (QED) is 0.293. The van der Waals surface area contributed by atoms with Crippen molar-refractivity contribution in [1.29, 1.82) is 0 Å². The van der Waals surface area contributed by atoms with E-state index in [1.807, 2.05) is 13.0 Å². The van der Waals surface area contributed by atoms with E-state index in [0.717, 1.165) is 25.2 Å². The molecule has 0 spiro atoms. The highest BCUT2D eigenvalue weighted by molar-refractivity contribution is 5.82. The molecule has 2 N–H and O–H groups in total. The van der Waals surface area contributed by atoms with Gasteiger partial charge in [0.25, 0.3) is 5.56 Å². The molecule has 2 aromatic carbocycles. The van der Waals surface area contributed by atoms with Crippen LogP contribution in [0.4, 0.5) is 26.1 Å². The summed E-state index contributed by atoms with van der Waals surface area (Å²) < 4.78 is 31.9. The molecule has 0 radical (unpaired) electrons. The third-order valence-electron chi connectivity index (χ3n) is 7.41. The molecule has 8 nitrogen and oxygen atoms in total. The number of aromatic nitrogens is 4. The number of piperazine rings is 1. The first kappa shape index (κ1) is 26.5. The van der Waals surface area contributed by atoms with Crippen LogP contribution in [-0.4, -0.2) is 45.2 Å². The van der Waals surface area contributed by atoms with Gasteiger partial charge in [-0.2, -0.15) is 4.98 Å². The summed E-state index contributed by atoms with van der Waals surface area (Å²) >= 11 is 0. The van der Waals surface area contributed by atoms with Gasteiger partial charge in [-0.25, -0.2) is 13.8 Å². The number of benzene rings is 2. The number of aryl methyl sites for hydroxylation is 1. The summed E-state index contributed by atoms with van der Waals surface area (Å²) in [6, 6.07) is 15.2. The van der Waals surface area contributed by atoms with Crippen molar-refractivity contribution in [3.63, 3.8) is 0 Å². The lowest BCUT2D eigenvalue weighted by Crippen LogP contribution is -2.50. The summed E-state index contributed by atoms with van der Waals surface area (Å²) in [6.07, 6.45) is 4.89. The van der Waals surface area contributed by atoms with Crippen molar-refractivity contribution >= 4 is 28.4 Å². The monoisotopic (exact) mass is 553 g/mol. The second-order valence-electron chi connectivity index (χ2n) is 10.1. The standard InChI is InChI=1S/C31H29F2N7O/c1-3-39-29-22(13-25(30(39)41)24-8-6-20(14-26(24)32)21-5-4-10-34-17-21)18-36-31(38-29)37-23-7-9-28(27(33)15-23)40-12-11-35-16-19(40)2/h4-10,13-15,17-19,35H,3,11-12,16H2,1-2H3,(H,36,37,38). The van der Waals surface area contributed by atoms with Gasteiger partial charge in [0.15, 0.2) is 0 Å². The summed E-state index contributed by atoms with van der Waals surface area (Å²) in [4.78, 5) is 28.6. The van der Waals surface area contributed by atoms with Crippen molar-refractivity contribution in [2.45, 2.75) is 26.4 Å². The molecule has 3 aromatic heterocycles. The van der Waals surface area contributed by atoms with E-state index in [4.69, 9.17) is 0 Å². The van der Waals surface area contributed by atoms with Crippen LogP contribution >= 0.6 is 0 Å². The normalized spacial score (nSPS) is 15.3. The molecule has 0 bridgehead atoms. The number of hydrogen-bond donors (Lipinski definition) is 2. The van der Waals surface area contributed by atoms with E-state index in [-0.39, 0.29) is 34.5 Å². The number of rotatable bonds is 6. The van der Waals surface area contributed by atoms with Crippen molar-refractivity contribution in [3.05, 3.63) is 95.2 Å². The van der Waals surface area contributed by atoms with Gasteiger partial charge < -0.3 is 15.5 Å². The lowest BCUT2D eigenvalue weighted by molar-refractivity contribution is 0.491. The van der Waals surface area contributed by atoms with Gasteiger partial charge in [-0.1, -0.05) is 18.2 Å². The van der Waals surface area contributed by atoms with Crippen LogP contribution in [0.1, 0.15) is 13.8 Å². The predicted octanol–water partition coefficient (Wildman–Crippen LogP) is 5.36. The maximum atomic E-state index is 15.3. The van der Waals surface area contributed by atoms with Gasteiger partial charge >= 0.3 is 0 Å². The molecule has 208 valence electrons. The van der Waals surface area contributed by atoms with Crippen molar-refractivity contribution in [3.8, 4) is 22.3 Å². The van der Waals surface area contributed by atoms with E-state index in [0.29, 0.717) is 34.5 Å².